The number of benzene rings is 1. The van der Waals surface area contributed by atoms with E-state index in [0.717, 1.165) is 11.3 Å². The molecule has 1 aromatic heterocycles. The standard InChI is InChI=1S/C13H14N4O2/c1-8(14)12-7-15-13(16-9(12)2)10-4-3-5-11(6-10)17(18)19/h3-8H,14H2,1-2H3. The monoisotopic (exact) mass is 258 g/mol. The Kier molecular flexibility index (Phi) is 3.52. The first-order valence-electron chi connectivity index (χ1n) is 5.83. The third-order valence-electron chi connectivity index (χ3n) is 2.82. The summed E-state index contributed by atoms with van der Waals surface area (Å²) < 4.78 is 0. The minimum atomic E-state index is -0.438. The number of nitrogens with two attached hydrogens (primary N) is 1. The molecule has 1 aromatic carbocycles. The quantitative estimate of drug-likeness (QED) is 0.673. The molecule has 2 N–H and O–H groups in total. The molecule has 0 fully saturated rings. The van der Waals surface area contributed by atoms with E-state index >= 15 is 0 Å². The second kappa shape index (κ2) is 5.11. The Morgan fingerprint density at radius 3 is 2.74 bits per heavy atom. The van der Waals surface area contributed by atoms with Crippen LogP contribution in [0.5, 0.6) is 0 Å². The maximum Gasteiger partial charge on any atom is 0.270 e. The highest BCUT2D eigenvalue weighted by Gasteiger charge is 2.11. The zero-order chi connectivity index (χ0) is 14.0. The van der Waals surface area contributed by atoms with Crippen molar-refractivity contribution in [1.29, 1.82) is 0 Å². The van der Waals surface area contributed by atoms with E-state index in [1.807, 2.05) is 13.8 Å². The Bertz CT molecular complexity index is 626. The summed E-state index contributed by atoms with van der Waals surface area (Å²) in [6.07, 6.45) is 1.67. The molecule has 6 heteroatoms. The van der Waals surface area contributed by atoms with E-state index in [1.165, 1.54) is 12.1 Å². The number of hydrogen-bond acceptors (Lipinski definition) is 5. The molecule has 98 valence electrons. The van der Waals surface area contributed by atoms with Crippen molar-refractivity contribution in [3.63, 3.8) is 0 Å². The Balaban J connectivity index is 2.45. The molecule has 19 heavy (non-hydrogen) atoms. The molecule has 0 saturated carbocycles. The van der Waals surface area contributed by atoms with Crippen LogP contribution in [0.1, 0.15) is 24.2 Å². The van der Waals surface area contributed by atoms with Crippen molar-refractivity contribution in [2.75, 3.05) is 0 Å². The van der Waals surface area contributed by atoms with E-state index in [0.29, 0.717) is 11.4 Å². The lowest BCUT2D eigenvalue weighted by Gasteiger charge is -2.09. The van der Waals surface area contributed by atoms with E-state index in [1.54, 1.807) is 18.3 Å². The van der Waals surface area contributed by atoms with Gasteiger partial charge in [0.1, 0.15) is 0 Å². The maximum atomic E-state index is 10.7. The fraction of sp³-hybridized carbons (Fsp3) is 0.231. The van der Waals surface area contributed by atoms with Crippen molar-refractivity contribution in [3.8, 4) is 11.4 Å². The van der Waals surface area contributed by atoms with Gasteiger partial charge < -0.3 is 5.73 Å². The van der Waals surface area contributed by atoms with Crippen LogP contribution in [-0.4, -0.2) is 14.9 Å². The Hall–Kier alpha value is -2.34. The van der Waals surface area contributed by atoms with Crippen molar-refractivity contribution < 1.29 is 4.92 Å². The third kappa shape index (κ3) is 2.74. The first kappa shape index (κ1) is 13.1. The maximum absolute atomic E-state index is 10.7. The van der Waals surface area contributed by atoms with Gasteiger partial charge in [-0.1, -0.05) is 12.1 Å². The van der Waals surface area contributed by atoms with Crippen LogP contribution < -0.4 is 5.73 Å². The molecule has 0 amide bonds. The van der Waals surface area contributed by atoms with Crippen LogP contribution in [0.2, 0.25) is 0 Å². The number of nitro groups is 1. The number of non-ortho nitro benzene ring substituents is 1. The van der Waals surface area contributed by atoms with Gasteiger partial charge in [-0.15, -0.1) is 0 Å². The van der Waals surface area contributed by atoms with E-state index in [9.17, 15) is 10.1 Å². The van der Waals surface area contributed by atoms with Gasteiger partial charge in [0.15, 0.2) is 5.82 Å². The van der Waals surface area contributed by atoms with Crippen LogP contribution in [0.15, 0.2) is 30.5 Å². The third-order valence-corrected chi connectivity index (χ3v) is 2.82. The van der Waals surface area contributed by atoms with Crippen LogP contribution >= 0.6 is 0 Å². The second-order valence-corrected chi connectivity index (χ2v) is 4.33. The molecule has 6 nitrogen and oxygen atoms in total. The highest BCUT2D eigenvalue weighted by atomic mass is 16.6. The zero-order valence-electron chi connectivity index (χ0n) is 10.7. The van der Waals surface area contributed by atoms with Crippen LogP contribution in [0.25, 0.3) is 11.4 Å². The van der Waals surface area contributed by atoms with Gasteiger partial charge in [0.2, 0.25) is 0 Å². The first-order chi connectivity index (χ1) is 8.99. The molecule has 2 aromatic rings. The summed E-state index contributed by atoms with van der Waals surface area (Å²) in [5.74, 6) is 0.464. The fourth-order valence-corrected chi connectivity index (χ4v) is 1.82. The van der Waals surface area contributed by atoms with Gasteiger partial charge >= 0.3 is 0 Å². The largest absolute Gasteiger partial charge is 0.324 e. The lowest BCUT2D eigenvalue weighted by Crippen LogP contribution is -2.09. The molecule has 0 spiro atoms. The van der Waals surface area contributed by atoms with Gasteiger partial charge in [-0.3, -0.25) is 10.1 Å². The number of hydrogen-bond donors (Lipinski definition) is 1. The zero-order valence-corrected chi connectivity index (χ0v) is 10.7. The molecule has 0 aliphatic rings. The Morgan fingerprint density at radius 2 is 2.16 bits per heavy atom. The number of rotatable bonds is 3. The highest BCUT2D eigenvalue weighted by Crippen LogP contribution is 2.22. The molecule has 0 aliphatic carbocycles. The molecule has 1 unspecified atom stereocenters. The summed E-state index contributed by atoms with van der Waals surface area (Å²) in [7, 11) is 0. The summed E-state index contributed by atoms with van der Waals surface area (Å²) in [5.41, 5.74) is 8.09. The van der Waals surface area contributed by atoms with E-state index in [-0.39, 0.29) is 11.7 Å². The molecule has 0 bridgehead atoms. The average Bonchev–Trinajstić information content (AvgIpc) is 2.38. The molecule has 2 rings (SSSR count). The van der Waals surface area contributed by atoms with Crippen LogP contribution in [0, 0.1) is 17.0 Å². The fourth-order valence-electron chi connectivity index (χ4n) is 1.82. The van der Waals surface area contributed by atoms with Gasteiger partial charge in [-0.25, -0.2) is 9.97 Å². The Morgan fingerprint density at radius 1 is 1.42 bits per heavy atom. The minimum absolute atomic E-state index is 0.0232. The smallest absolute Gasteiger partial charge is 0.270 e. The molecule has 1 atom stereocenters. The predicted molar refractivity (Wildman–Crippen MR) is 71.5 cm³/mol. The lowest BCUT2D eigenvalue weighted by atomic mass is 10.1. The van der Waals surface area contributed by atoms with Crippen molar-refractivity contribution >= 4 is 5.69 Å². The van der Waals surface area contributed by atoms with Gasteiger partial charge in [0, 0.05) is 41.2 Å². The molecular formula is C13H14N4O2. The molecule has 1 heterocycles. The van der Waals surface area contributed by atoms with Crippen LogP contribution in [0.3, 0.4) is 0 Å². The van der Waals surface area contributed by atoms with Crippen molar-refractivity contribution in [3.05, 3.63) is 51.8 Å². The normalized spacial score (nSPS) is 12.2. The summed E-state index contributed by atoms with van der Waals surface area (Å²) >= 11 is 0. The highest BCUT2D eigenvalue weighted by molar-refractivity contribution is 5.59. The Labute approximate surface area is 110 Å². The van der Waals surface area contributed by atoms with Crippen LogP contribution in [-0.2, 0) is 0 Å². The van der Waals surface area contributed by atoms with Gasteiger partial charge in [0.25, 0.3) is 5.69 Å². The van der Waals surface area contributed by atoms with E-state index in [4.69, 9.17) is 5.73 Å². The average molecular weight is 258 g/mol. The van der Waals surface area contributed by atoms with Crippen LogP contribution in [0.4, 0.5) is 5.69 Å². The number of nitrogens with zero attached hydrogens (tertiary/aromatic N) is 3. The molecular weight excluding hydrogens is 244 g/mol. The van der Waals surface area contributed by atoms with Crippen molar-refractivity contribution in [2.24, 2.45) is 5.73 Å². The second-order valence-electron chi connectivity index (χ2n) is 4.33. The lowest BCUT2D eigenvalue weighted by molar-refractivity contribution is -0.384. The van der Waals surface area contributed by atoms with Gasteiger partial charge in [-0.2, -0.15) is 0 Å². The first-order valence-corrected chi connectivity index (χ1v) is 5.83. The number of aromatic nitrogens is 2. The number of aryl methyl sites for hydroxylation is 1. The molecule has 0 saturated heterocycles. The SMILES string of the molecule is Cc1nc(-c2cccc([N+](=O)[O-])c2)ncc1C(C)N. The van der Waals surface area contributed by atoms with E-state index < -0.39 is 4.92 Å². The van der Waals surface area contributed by atoms with Crippen molar-refractivity contribution in [2.45, 2.75) is 19.9 Å². The summed E-state index contributed by atoms with van der Waals surface area (Å²) in [5, 5.41) is 10.7. The minimum Gasteiger partial charge on any atom is -0.324 e. The molecule has 0 radical (unpaired) electrons. The van der Waals surface area contributed by atoms with Gasteiger partial charge in [0.05, 0.1) is 4.92 Å². The molecule has 0 aliphatic heterocycles. The number of nitro benzene ring substituents is 1. The van der Waals surface area contributed by atoms with E-state index in [2.05, 4.69) is 9.97 Å². The summed E-state index contributed by atoms with van der Waals surface area (Å²) in [6.45, 7) is 3.71. The van der Waals surface area contributed by atoms with Crippen molar-refractivity contribution in [1.82, 2.24) is 9.97 Å². The summed E-state index contributed by atoms with van der Waals surface area (Å²) in [4.78, 5) is 18.9. The van der Waals surface area contributed by atoms with Gasteiger partial charge in [-0.05, 0) is 13.8 Å². The summed E-state index contributed by atoms with van der Waals surface area (Å²) in [6, 6.07) is 6.12. The predicted octanol–water partition coefficient (Wildman–Crippen LogP) is 2.38. The topological polar surface area (TPSA) is 94.9 Å².